The van der Waals surface area contributed by atoms with E-state index in [0.717, 1.165) is 5.69 Å². The lowest BCUT2D eigenvalue weighted by atomic mass is 10.5. The maximum absolute atomic E-state index is 8.92. The SMILES string of the molecule is OCc1nccn1Cc1csnn1. The van der Waals surface area contributed by atoms with Gasteiger partial charge in [0.25, 0.3) is 0 Å². The molecule has 5 nitrogen and oxygen atoms in total. The summed E-state index contributed by atoms with van der Waals surface area (Å²) in [4.78, 5) is 3.98. The lowest BCUT2D eigenvalue weighted by molar-refractivity contribution is 0.266. The summed E-state index contributed by atoms with van der Waals surface area (Å²) in [5.41, 5.74) is 0.887. The van der Waals surface area contributed by atoms with Gasteiger partial charge in [0, 0.05) is 17.8 Å². The largest absolute Gasteiger partial charge is 0.388 e. The van der Waals surface area contributed by atoms with Crippen molar-refractivity contribution in [1.29, 1.82) is 0 Å². The number of aliphatic hydroxyl groups excluding tert-OH is 1. The summed E-state index contributed by atoms with van der Waals surface area (Å²) in [5.74, 6) is 0.646. The lowest BCUT2D eigenvalue weighted by Crippen LogP contribution is -2.04. The highest BCUT2D eigenvalue weighted by molar-refractivity contribution is 7.03. The van der Waals surface area contributed by atoms with E-state index in [4.69, 9.17) is 5.11 Å². The van der Waals surface area contributed by atoms with Crippen LogP contribution in [0.4, 0.5) is 0 Å². The van der Waals surface area contributed by atoms with Crippen molar-refractivity contribution < 1.29 is 5.11 Å². The fraction of sp³-hybridized carbons (Fsp3) is 0.286. The molecular formula is C7H8N4OS. The van der Waals surface area contributed by atoms with Gasteiger partial charge in [0.1, 0.15) is 12.4 Å². The Kier molecular flexibility index (Phi) is 2.33. The van der Waals surface area contributed by atoms with Gasteiger partial charge in [-0.1, -0.05) is 4.49 Å². The number of aliphatic hydroxyl groups is 1. The van der Waals surface area contributed by atoms with E-state index in [-0.39, 0.29) is 6.61 Å². The molecule has 1 N–H and O–H groups in total. The van der Waals surface area contributed by atoms with Crippen LogP contribution >= 0.6 is 11.5 Å². The van der Waals surface area contributed by atoms with E-state index in [0.29, 0.717) is 12.4 Å². The quantitative estimate of drug-likeness (QED) is 0.765. The van der Waals surface area contributed by atoms with Crippen LogP contribution in [0.15, 0.2) is 17.8 Å². The molecule has 2 aromatic rings. The molecule has 0 fully saturated rings. The van der Waals surface area contributed by atoms with Crippen molar-refractivity contribution in [3.63, 3.8) is 0 Å². The smallest absolute Gasteiger partial charge is 0.134 e. The molecule has 0 aliphatic heterocycles. The van der Waals surface area contributed by atoms with Crippen LogP contribution < -0.4 is 0 Å². The lowest BCUT2D eigenvalue weighted by Gasteiger charge is -2.01. The zero-order valence-electron chi connectivity index (χ0n) is 6.79. The maximum Gasteiger partial charge on any atom is 0.134 e. The van der Waals surface area contributed by atoms with Crippen LogP contribution in [-0.2, 0) is 13.2 Å². The molecule has 0 spiro atoms. The third-order valence-corrected chi connectivity index (χ3v) is 2.23. The monoisotopic (exact) mass is 196 g/mol. The third-order valence-electron chi connectivity index (χ3n) is 1.68. The summed E-state index contributed by atoms with van der Waals surface area (Å²) in [6, 6.07) is 0. The zero-order valence-corrected chi connectivity index (χ0v) is 7.61. The van der Waals surface area contributed by atoms with E-state index in [2.05, 4.69) is 14.6 Å². The minimum absolute atomic E-state index is 0.0510. The number of imidazole rings is 1. The minimum atomic E-state index is -0.0510. The molecular weight excluding hydrogens is 188 g/mol. The standard InChI is InChI=1S/C7H8N4OS/c12-4-7-8-1-2-11(7)3-6-5-13-10-9-6/h1-2,5,12H,3-4H2. The van der Waals surface area contributed by atoms with Gasteiger partial charge in [-0.2, -0.15) is 0 Å². The summed E-state index contributed by atoms with van der Waals surface area (Å²) in [5, 5.41) is 14.7. The number of rotatable bonds is 3. The Morgan fingerprint density at radius 3 is 3.15 bits per heavy atom. The Morgan fingerprint density at radius 1 is 1.54 bits per heavy atom. The molecule has 0 aliphatic rings. The number of nitrogens with zero attached hydrogens (tertiary/aromatic N) is 4. The van der Waals surface area contributed by atoms with Gasteiger partial charge in [-0.25, -0.2) is 4.98 Å². The Balaban J connectivity index is 2.18. The Morgan fingerprint density at radius 2 is 2.46 bits per heavy atom. The van der Waals surface area contributed by atoms with Crippen LogP contribution in [0.2, 0.25) is 0 Å². The average Bonchev–Trinajstić information content (AvgIpc) is 2.76. The molecule has 0 unspecified atom stereocenters. The highest BCUT2D eigenvalue weighted by Crippen LogP contribution is 2.03. The second-order valence-corrected chi connectivity index (χ2v) is 3.14. The highest BCUT2D eigenvalue weighted by Gasteiger charge is 2.03. The highest BCUT2D eigenvalue weighted by atomic mass is 32.1. The molecule has 0 saturated heterocycles. The third kappa shape index (κ3) is 1.73. The first kappa shape index (κ1) is 8.33. The normalized spacial score (nSPS) is 10.5. The van der Waals surface area contributed by atoms with Crippen LogP contribution in [0.5, 0.6) is 0 Å². The predicted octanol–water partition coefficient (Wildman–Crippen LogP) is 0.275. The van der Waals surface area contributed by atoms with E-state index in [1.807, 2.05) is 16.1 Å². The van der Waals surface area contributed by atoms with Gasteiger partial charge in [-0.15, -0.1) is 5.10 Å². The first-order chi connectivity index (χ1) is 6.40. The van der Waals surface area contributed by atoms with Crippen molar-refractivity contribution in [2.24, 2.45) is 0 Å². The number of hydrogen-bond acceptors (Lipinski definition) is 5. The first-order valence-electron chi connectivity index (χ1n) is 3.77. The average molecular weight is 196 g/mol. The zero-order chi connectivity index (χ0) is 9.10. The van der Waals surface area contributed by atoms with Crippen molar-refractivity contribution in [3.05, 3.63) is 29.3 Å². The number of hydrogen-bond donors (Lipinski definition) is 1. The molecule has 6 heteroatoms. The predicted molar refractivity (Wildman–Crippen MR) is 47.2 cm³/mol. The van der Waals surface area contributed by atoms with Crippen molar-refractivity contribution in [2.45, 2.75) is 13.2 Å². The van der Waals surface area contributed by atoms with Crippen molar-refractivity contribution in [1.82, 2.24) is 19.1 Å². The van der Waals surface area contributed by atoms with Gasteiger partial charge in [0.15, 0.2) is 0 Å². The van der Waals surface area contributed by atoms with Gasteiger partial charge in [-0.05, 0) is 11.5 Å². The Hall–Kier alpha value is -1.27. The van der Waals surface area contributed by atoms with Crippen LogP contribution in [0.1, 0.15) is 11.5 Å². The molecule has 2 aromatic heterocycles. The molecule has 0 amide bonds. The van der Waals surface area contributed by atoms with Crippen LogP contribution in [-0.4, -0.2) is 24.2 Å². The molecule has 0 radical (unpaired) electrons. The summed E-state index contributed by atoms with van der Waals surface area (Å²) in [6.07, 6.45) is 3.47. The van der Waals surface area contributed by atoms with E-state index in [1.54, 1.807) is 6.20 Å². The molecule has 13 heavy (non-hydrogen) atoms. The van der Waals surface area contributed by atoms with Crippen molar-refractivity contribution in [2.75, 3.05) is 0 Å². The van der Waals surface area contributed by atoms with E-state index >= 15 is 0 Å². The molecule has 2 rings (SSSR count). The summed E-state index contributed by atoms with van der Waals surface area (Å²) in [7, 11) is 0. The van der Waals surface area contributed by atoms with Crippen LogP contribution in [0.3, 0.4) is 0 Å². The maximum atomic E-state index is 8.92. The van der Waals surface area contributed by atoms with Gasteiger partial charge in [0.05, 0.1) is 12.2 Å². The summed E-state index contributed by atoms with van der Waals surface area (Å²) >= 11 is 1.32. The second kappa shape index (κ2) is 3.63. The summed E-state index contributed by atoms with van der Waals surface area (Å²) < 4.78 is 5.60. The molecule has 0 aromatic carbocycles. The van der Waals surface area contributed by atoms with Gasteiger partial charge in [0.2, 0.25) is 0 Å². The van der Waals surface area contributed by atoms with Gasteiger partial charge < -0.3 is 9.67 Å². The second-order valence-electron chi connectivity index (χ2n) is 2.53. The minimum Gasteiger partial charge on any atom is -0.388 e. The molecule has 0 saturated carbocycles. The van der Waals surface area contributed by atoms with E-state index < -0.39 is 0 Å². The molecule has 0 aliphatic carbocycles. The fourth-order valence-electron chi connectivity index (χ4n) is 1.06. The Labute approximate surface area is 78.8 Å². The molecule has 68 valence electrons. The fourth-order valence-corrected chi connectivity index (χ4v) is 1.51. The van der Waals surface area contributed by atoms with Gasteiger partial charge >= 0.3 is 0 Å². The molecule has 0 bridgehead atoms. The van der Waals surface area contributed by atoms with Crippen LogP contribution in [0.25, 0.3) is 0 Å². The summed E-state index contributed by atoms with van der Waals surface area (Å²) in [6.45, 7) is 0.566. The van der Waals surface area contributed by atoms with E-state index in [1.165, 1.54) is 11.5 Å². The van der Waals surface area contributed by atoms with Gasteiger partial charge in [-0.3, -0.25) is 0 Å². The van der Waals surface area contributed by atoms with Crippen molar-refractivity contribution >= 4 is 11.5 Å². The van der Waals surface area contributed by atoms with Crippen LogP contribution in [0, 0.1) is 0 Å². The van der Waals surface area contributed by atoms with Crippen molar-refractivity contribution in [3.8, 4) is 0 Å². The first-order valence-corrected chi connectivity index (χ1v) is 4.60. The topological polar surface area (TPSA) is 63.8 Å². The Bertz CT molecular complexity index is 370. The molecule has 2 heterocycles. The molecule has 0 atom stereocenters. The number of aromatic nitrogens is 4. The van der Waals surface area contributed by atoms with E-state index in [9.17, 15) is 0 Å².